The van der Waals surface area contributed by atoms with Gasteiger partial charge in [0.25, 0.3) is 0 Å². The molecule has 0 radical (unpaired) electrons. The monoisotopic (exact) mass is 492 g/mol. The van der Waals surface area contributed by atoms with E-state index in [4.69, 9.17) is 30.4 Å². The van der Waals surface area contributed by atoms with E-state index in [2.05, 4.69) is 0 Å². The molecule has 0 spiro atoms. The number of nitrogen functional groups attached to an aromatic ring is 2. The van der Waals surface area contributed by atoms with E-state index < -0.39 is 9.84 Å². The highest BCUT2D eigenvalue weighted by Crippen LogP contribution is 2.38. The summed E-state index contributed by atoms with van der Waals surface area (Å²) in [7, 11) is -1.04. The third-order valence-corrected chi connectivity index (χ3v) is 6.81. The molecule has 0 amide bonds. The van der Waals surface area contributed by atoms with Gasteiger partial charge in [0.15, 0.2) is 23.0 Å². The lowest BCUT2D eigenvalue weighted by atomic mass is 10.3. The van der Waals surface area contributed by atoms with Crippen LogP contribution in [0.3, 0.4) is 0 Å². The number of benzene rings is 4. The van der Waals surface area contributed by atoms with Crippen molar-refractivity contribution in [3.63, 3.8) is 0 Å². The van der Waals surface area contributed by atoms with Gasteiger partial charge < -0.3 is 30.4 Å². The van der Waals surface area contributed by atoms with Gasteiger partial charge in [0.1, 0.15) is 11.5 Å². The molecule has 9 heteroatoms. The zero-order valence-corrected chi connectivity index (χ0v) is 19.9. The lowest BCUT2D eigenvalue weighted by molar-refractivity contribution is 0.377. The van der Waals surface area contributed by atoms with Crippen molar-refractivity contribution in [1.29, 1.82) is 0 Å². The molecule has 0 aromatic heterocycles. The van der Waals surface area contributed by atoms with Crippen molar-refractivity contribution in [3.8, 4) is 34.5 Å². The van der Waals surface area contributed by atoms with Crippen LogP contribution in [0.2, 0.25) is 0 Å². The third-order valence-electron chi connectivity index (χ3n) is 5.06. The van der Waals surface area contributed by atoms with Crippen LogP contribution in [0, 0.1) is 0 Å². The lowest BCUT2D eigenvalue weighted by Gasteiger charge is -2.14. The molecule has 0 atom stereocenters. The van der Waals surface area contributed by atoms with Crippen LogP contribution in [0.5, 0.6) is 34.5 Å². The van der Waals surface area contributed by atoms with Crippen molar-refractivity contribution in [1.82, 2.24) is 0 Å². The standard InChI is InChI=1S/C26H24N2O6S/c1-31-25-15-21(9-11-23(25)33-19-7-3-5-17(27)13-19)35(29,30)22-10-12-24(26(16-22)32-2)34-20-8-4-6-18(28)14-20/h3-16H,27-28H2,1-2H3. The average molecular weight is 493 g/mol. The van der Waals surface area contributed by atoms with Crippen molar-refractivity contribution in [3.05, 3.63) is 84.9 Å². The summed E-state index contributed by atoms with van der Waals surface area (Å²) < 4.78 is 49.2. The lowest BCUT2D eigenvalue weighted by Crippen LogP contribution is -2.04. The van der Waals surface area contributed by atoms with Gasteiger partial charge in [-0.05, 0) is 48.5 Å². The molecule has 0 unspecified atom stereocenters. The Hall–Kier alpha value is -4.37. The summed E-state index contributed by atoms with van der Waals surface area (Å²) in [4.78, 5) is 0.0571. The molecular formula is C26H24N2O6S. The molecule has 4 aromatic rings. The van der Waals surface area contributed by atoms with Crippen LogP contribution in [0.1, 0.15) is 0 Å². The predicted molar refractivity (Wildman–Crippen MR) is 133 cm³/mol. The smallest absolute Gasteiger partial charge is 0.206 e. The molecule has 0 saturated heterocycles. The summed E-state index contributed by atoms with van der Waals surface area (Å²) >= 11 is 0. The van der Waals surface area contributed by atoms with Gasteiger partial charge in [-0.1, -0.05) is 12.1 Å². The minimum atomic E-state index is -3.91. The van der Waals surface area contributed by atoms with E-state index in [1.807, 2.05) is 0 Å². The van der Waals surface area contributed by atoms with E-state index in [0.717, 1.165) is 0 Å². The number of sulfone groups is 1. The first kappa shape index (κ1) is 23.8. The Morgan fingerprint density at radius 3 is 1.37 bits per heavy atom. The molecule has 4 N–H and O–H groups in total. The molecule has 35 heavy (non-hydrogen) atoms. The molecule has 4 aromatic carbocycles. The minimum absolute atomic E-state index is 0.0285. The van der Waals surface area contributed by atoms with Gasteiger partial charge in [-0.3, -0.25) is 0 Å². The Morgan fingerprint density at radius 2 is 1.00 bits per heavy atom. The maximum absolute atomic E-state index is 13.4. The van der Waals surface area contributed by atoms with Crippen LogP contribution in [-0.2, 0) is 9.84 Å². The quantitative estimate of drug-likeness (QED) is 0.318. The second kappa shape index (κ2) is 9.86. The average Bonchev–Trinajstić information content (AvgIpc) is 2.84. The first-order valence-corrected chi connectivity index (χ1v) is 12.0. The van der Waals surface area contributed by atoms with Gasteiger partial charge in [-0.2, -0.15) is 0 Å². The number of rotatable bonds is 8. The summed E-state index contributed by atoms with van der Waals surface area (Å²) in [5, 5.41) is 0. The van der Waals surface area contributed by atoms with Crippen LogP contribution in [0.4, 0.5) is 11.4 Å². The first-order chi connectivity index (χ1) is 16.8. The Balaban J connectivity index is 1.64. The van der Waals surface area contributed by atoms with Crippen molar-refractivity contribution in [2.24, 2.45) is 0 Å². The highest BCUT2D eigenvalue weighted by molar-refractivity contribution is 7.91. The topological polar surface area (TPSA) is 123 Å². The predicted octanol–water partition coefficient (Wildman–Crippen LogP) is 5.29. The summed E-state index contributed by atoms with van der Waals surface area (Å²) in [6.07, 6.45) is 0. The SMILES string of the molecule is COc1cc(S(=O)(=O)c2ccc(Oc3cccc(N)c3)c(OC)c2)ccc1Oc1cccc(N)c1. The molecule has 0 aliphatic rings. The summed E-state index contributed by atoms with van der Waals surface area (Å²) in [5.74, 6) is 2.20. The number of hydrogen-bond donors (Lipinski definition) is 2. The van der Waals surface area contributed by atoms with E-state index in [9.17, 15) is 8.42 Å². The molecule has 0 aliphatic carbocycles. The second-order valence-corrected chi connectivity index (χ2v) is 9.43. The fourth-order valence-electron chi connectivity index (χ4n) is 3.34. The van der Waals surface area contributed by atoms with Gasteiger partial charge >= 0.3 is 0 Å². The van der Waals surface area contributed by atoms with Crippen molar-refractivity contribution >= 4 is 21.2 Å². The van der Waals surface area contributed by atoms with Crippen LogP contribution in [-0.4, -0.2) is 22.6 Å². The van der Waals surface area contributed by atoms with E-state index >= 15 is 0 Å². The van der Waals surface area contributed by atoms with Gasteiger partial charge in [0.05, 0.1) is 24.0 Å². The Kier molecular flexibility index (Phi) is 6.70. The molecular weight excluding hydrogens is 468 g/mol. The summed E-state index contributed by atoms with van der Waals surface area (Å²) in [5.41, 5.74) is 12.7. The van der Waals surface area contributed by atoms with Crippen molar-refractivity contribution in [2.45, 2.75) is 9.79 Å². The number of nitrogens with two attached hydrogens (primary N) is 2. The number of ether oxygens (including phenoxy) is 4. The highest BCUT2D eigenvalue weighted by Gasteiger charge is 2.22. The normalized spacial score (nSPS) is 11.0. The van der Waals surface area contributed by atoms with Crippen molar-refractivity contribution < 1.29 is 27.4 Å². The van der Waals surface area contributed by atoms with Gasteiger partial charge in [-0.15, -0.1) is 0 Å². The molecule has 0 heterocycles. The Bertz CT molecular complexity index is 1370. The van der Waals surface area contributed by atoms with Crippen LogP contribution >= 0.6 is 0 Å². The zero-order valence-electron chi connectivity index (χ0n) is 19.1. The maximum Gasteiger partial charge on any atom is 0.206 e. The third kappa shape index (κ3) is 5.25. The van der Waals surface area contributed by atoms with Crippen LogP contribution in [0.25, 0.3) is 0 Å². The van der Waals surface area contributed by atoms with E-state index in [1.165, 1.54) is 50.6 Å². The van der Waals surface area contributed by atoms with E-state index in [-0.39, 0.29) is 21.3 Å². The number of hydrogen-bond acceptors (Lipinski definition) is 8. The zero-order chi connectivity index (χ0) is 25.0. The van der Waals surface area contributed by atoms with E-state index in [1.54, 1.807) is 48.5 Å². The molecule has 0 aliphatic heterocycles. The molecule has 4 rings (SSSR count). The summed E-state index contributed by atoms with van der Waals surface area (Å²) in [6, 6.07) is 22.5. The second-order valence-electron chi connectivity index (χ2n) is 7.48. The van der Waals surface area contributed by atoms with E-state index in [0.29, 0.717) is 34.4 Å². The van der Waals surface area contributed by atoms with Crippen LogP contribution in [0.15, 0.2) is 94.7 Å². The number of anilines is 2. The largest absolute Gasteiger partial charge is 0.493 e. The fraction of sp³-hybridized carbons (Fsp3) is 0.0769. The maximum atomic E-state index is 13.4. The van der Waals surface area contributed by atoms with Crippen LogP contribution < -0.4 is 30.4 Å². The molecule has 0 fully saturated rings. The Morgan fingerprint density at radius 1 is 0.571 bits per heavy atom. The molecule has 8 nitrogen and oxygen atoms in total. The summed E-state index contributed by atoms with van der Waals surface area (Å²) in [6.45, 7) is 0. The molecule has 180 valence electrons. The molecule has 0 saturated carbocycles. The van der Waals surface area contributed by atoms with Gasteiger partial charge in [0.2, 0.25) is 9.84 Å². The number of methoxy groups -OCH3 is 2. The molecule has 0 bridgehead atoms. The van der Waals surface area contributed by atoms with Crippen molar-refractivity contribution in [2.75, 3.05) is 25.7 Å². The highest BCUT2D eigenvalue weighted by atomic mass is 32.2. The Labute approximate surface area is 203 Å². The fourth-order valence-corrected chi connectivity index (χ4v) is 4.64. The van der Waals surface area contributed by atoms with Gasteiger partial charge in [0, 0.05) is 35.6 Å². The van der Waals surface area contributed by atoms with Gasteiger partial charge in [-0.25, -0.2) is 8.42 Å². The minimum Gasteiger partial charge on any atom is -0.493 e. The first-order valence-electron chi connectivity index (χ1n) is 10.5.